The quantitative estimate of drug-likeness (QED) is 0.847. The number of nitrogens with zero attached hydrogens (tertiary/aromatic N) is 1. The van der Waals surface area contributed by atoms with Crippen LogP contribution in [0, 0.1) is 0 Å². The van der Waals surface area contributed by atoms with E-state index in [9.17, 15) is 4.79 Å². The van der Waals surface area contributed by atoms with Crippen LogP contribution < -0.4 is 10.8 Å². The van der Waals surface area contributed by atoms with Gasteiger partial charge in [0.1, 0.15) is 7.85 Å². The van der Waals surface area contributed by atoms with Crippen molar-refractivity contribution in [3.05, 3.63) is 40.4 Å². The second kappa shape index (κ2) is 5.17. The second-order valence-corrected chi connectivity index (χ2v) is 5.76. The normalized spacial score (nSPS) is 13.9. The molecule has 1 heterocycles. The number of aromatic nitrogens is 1. The Morgan fingerprint density at radius 3 is 2.68 bits per heavy atom. The van der Waals surface area contributed by atoms with Gasteiger partial charge in [0.25, 0.3) is 5.91 Å². The van der Waals surface area contributed by atoms with E-state index < -0.39 is 0 Å². The lowest BCUT2D eigenvalue weighted by atomic mass is 9.95. The molecule has 3 rings (SSSR count). The summed E-state index contributed by atoms with van der Waals surface area (Å²) >= 11 is 1.59. The van der Waals surface area contributed by atoms with Gasteiger partial charge in [0.05, 0.1) is 5.69 Å². The van der Waals surface area contributed by atoms with Gasteiger partial charge >= 0.3 is 0 Å². The van der Waals surface area contributed by atoms with Crippen molar-refractivity contribution in [2.24, 2.45) is 0 Å². The number of aryl methyl sites for hydroxylation is 2. The van der Waals surface area contributed by atoms with Crippen molar-refractivity contribution < 1.29 is 4.79 Å². The number of fused-ring (bicyclic) bond motifs is 1. The number of rotatable bonds is 2. The smallest absolute Gasteiger partial charge is 0.257 e. The highest BCUT2D eigenvalue weighted by atomic mass is 32.1. The van der Waals surface area contributed by atoms with Gasteiger partial charge in [0.2, 0.25) is 0 Å². The van der Waals surface area contributed by atoms with Crippen LogP contribution >= 0.6 is 11.3 Å². The Hall–Kier alpha value is -1.62. The van der Waals surface area contributed by atoms with Crippen molar-refractivity contribution in [1.82, 2.24) is 4.98 Å². The third-order valence-corrected chi connectivity index (χ3v) is 4.31. The first-order chi connectivity index (χ1) is 9.22. The lowest BCUT2D eigenvalue weighted by Crippen LogP contribution is -2.13. The van der Waals surface area contributed by atoms with Gasteiger partial charge in [0.15, 0.2) is 5.13 Å². The van der Waals surface area contributed by atoms with Gasteiger partial charge in [-0.05, 0) is 25.7 Å². The van der Waals surface area contributed by atoms with Gasteiger partial charge in [-0.25, -0.2) is 4.98 Å². The molecule has 1 aromatic carbocycles. The van der Waals surface area contributed by atoms with Crippen LogP contribution in [0.2, 0.25) is 0 Å². The fourth-order valence-electron chi connectivity index (χ4n) is 2.21. The van der Waals surface area contributed by atoms with Crippen LogP contribution in [0.5, 0.6) is 0 Å². The van der Waals surface area contributed by atoms with Gasteiger partial charge in [-0.15, -0.1) is 11.3 Å². The summed E-state index contributed by atoms with van der Waals surface area (Å²) in [6.07, 6.45) is 4.54. The summed E-state index contributed by atoms with van der Waals surface area (Å²) in [4.78, 5) is 17.9. The minimum absolute atomic E-state index is 0.133. The fourth-order valence-corrected chi connectivity index (χ4v) is 3.25. The van der Waals surface area contributed by atoms with Gasteiger partial charge in [-0.3, -0.25) is 10.1 Å². The van der Waals surface area contributed by atoms with Crippen LogP contribution in [0.4, 0.5) is 5.13 Å². The molecule has 19 heavy (non-hydrogen) atoms. The molecule has 1 aliphatic rings. The molecule has 3 nitrogen and oxygen atoms in total. The average molecular weight is 268 g/mol. The van der Waals surface area contributed by atoms with E-state index in [4.69, 9.17) is 7.85 Å². The maximum absolute atomic E-state index is 12.1. The van der Waals surface area contributed by atoms with E-state index in [0.29, 0.717) is 16.2 Å². The number of anilines is 1. The van der Waals surface area contributed by atoms with E-state index in [2.05, 4.69) is 10.3 Å². The van der Waals surface area contributed by atoms with E-state index in [1.165, 1.54) is 17.7 Å². The van der Waals surface area contributed by atoms with Crippen LogP contribution in [0.25, 0.3) is 0 Å². The number of carbonyl (C=O) groups is 1. The van der Waals surface area contributed by atoms with Crippen LogP contribution in [-0.2, 0) is 12.8 Å². The van der Waals surface area contributed by atoms with E-state index in [0.717, 1.165) is 18.5 Å². The predicted molar refractivity (Wildman–Crippen MR) is 78.5 cm³/mol. The molecule has 2 aromatic rings. The van der Waals surface area contributed by atoms with Gasteiger partial charge in [-0.1, -0.05) is 29.7 Å². The Labute approximate surface area is 117 Å². The molecule has 0 spiro atoms. The second-order valence-electron chi connectivity index (χ2n) is 4.67. The minimum atomic E-state index is -0.133. The van der Waals surface area contributed by atoms with Crippen molar-refractivity contribution in [1.29, 1.82) is 0 Å². The van der Waals surface area contributed by atoms with Crippen LogP contribution in [0.3, 0.4) is 0 Å². The first-order valence-electron chi connectivity index (χ1n) is 6.38. The summed E-state index contributed by atoms with van der Waals surface area (Å²) in [5.74, 6) is -0.133. The third-order valence-electron chi connectivity index (χ3n) is 3.24. The van der Waals surface area contributed by atoms with Gasteiger partial charge in [-0.2, -0.15) is 0 Å². The Morgan fingerprint density at radius 2 is 1.95 bits per heavy atom. The zero-order valence-electron chi connectivity index (χ0n) is 10.5. The predicted octanol–water partition coefficient (Wildman–Crippen LogP) is 2.07. The molecule has 0 bridgehead atoms. The van der Waals surface area contributed by atoms with Crippen molar-refractivity contribution in [3.8, 4) is 0 Å². The molecule has 1 aliphatic carbocycles. The number of nitrogens with one attached hydrogen (secondary N) is 1. The SMILES string of the molecule is [B]c1ccc(C(=O)Nc2nc3c(s2)CCCC3)cc1. The topological polar surface area (TPSA) is 42.0 Å². The molecule has 5 heteroatoms. The zero-order valence-corrected chi connectivity index (χ0v) is 11.3. The lowest BCUT2D eigenvalue weighted by molar-refractivity contribution is 0.102. The minimum Gasteiger partial charge on any atom is -0.298 e. The van der Waals surface area contributed by atoms with Crippen molar-refractivity contribution in [3.63, 3.8) is 0 Å². The molecule has 0 saturated heterocycles. The molecule has 1 amide bonds. The first-order valence-corrected chi connectivity index (χ1v) is 7.19. The molecule has 1 N–H and O–H groups in total. The number of benzene rings is 1. The summed E-state index contributed by atoms with van der Waals surface area (Å²) < 4.78 is 0. The molecule has 0 fully saturated rings. The fraction of sp³-hybridized carbons (Fsp3) is 0.286. The molecule has 94 valence electrons. The van der Waals surface area contributed by atoms with E-state index in [1.54, 1.807) is 35.6 Å². The Kier molecular flexibility index (Phi) is 3.38. The number of hydrogen-bond donors (Lipinski definition) is 1. The average Bonchev–Trinajstić information content (AvgIpc) is 2.81. The largest absolute Gasteiger partial charge is 0.298 e. The van der Waals surface area contributed by atoms with Crippen LogP contribution in [0.1, 0.15) is 33.8 Å². The number of hydrogen-bond acceptors (Lipinski definition) is 3. The summed E-state index contributed by atoms with van der Waals surface area (Å²) in [7, 11) is 5.60. The summed E-state index contributed by atoms with van der Waals surface area (Å²) in [6, 6.07) is 6.89. The molecule has 0 aliphatic heterocycles. The Morgan fingerprint density at radius 1 is 1.21 bits per heavy atom. The molecular formula is C14H13BN2OS. The molecule has 1 aromatic heterocycles. The standard InChI is InChI=1S/C14H13BN2OS/c15-10-7-5-9(6-8-10)13(18)17-14-16-11-3-1-2-4-12(11)19-14/h5-8H,1-4H2,(H,16,17,18). The van der Waals surface area contributed by atoms with Crippen molar-refractivity contribution in [2.45, 2.75) is 25.7 Å². The van der Waals surface area contributed by atoms with E-state index in [-0.39, 0.29) is 5.91 Å². The Bertz CT molecular complexity index is 583. The molecular weight excluding hydrogens is 255 g/mol. The Balaban J connectivity index is 1.75. The highest BCUT2D eigenvalue weighted by Crippen LogP contribution is 2.29. The van der Waals surface area contributed by atoms with E-state index in [1.807, 2.05) is 0 Å². The highest BCUT2D eigenvalue weighted by molar-refractivity contribution is 7.15. The summed E-state index contributed by atoms with van der Waals surface area (Å²) in [5, 5.41) is 3.57. The van der Waals surface area contributed by atoms with Crippen LogP contribution in [-0.4, -0.2) is 18.7 Å². The molecule has 0 saturated carbocycles. The van der Waals surface area contributed by atoms with Gasteiger partial charge < -0.3 is 0 Å². The molecule has 2 radical (unpaired) electrons. The zero-order chi connectivity index (χ0) is 13.2. The summed E-state index contributed by atoms with van der Waals surface area (Å²) in [5.41, 5.74) is 2.41. The van der Waals surface area contributed by atoms with Crippen LogP contribution in [0.15, 0.2) is 24.3 Å². The maximum atomic E-state index is 12.1. The molecule has 0 atom stereocenters. The number of carbonyl (C=O) groups excluding carboxylic acids is 1. The summed E-state index contributed by atoms with van der Waals surface area (Å²) in [6.45, 7) is 0. The monoisotopic (exact) mass is 268 g/mol. The maximum Gasteiger partial charge on any atom is 0.257 e. The van der Waals surface area contributed by atoms with Crippen molar-refractivity contribution >= 4 is 35.7 Å². The van der Waals surface area contributed by atoms with E-state index >= 15 is 0 Å². The van der Waals surface area contributed by atoms with Crippen molar-refractivity contribution in [2.75, 3.05) is 5.32 Å². The highest BCUT2D eigenvalue weighted by Gasteiger charge is 2.16. The first kappa shape index (κ1) is 12.4. The number of thiazole rings is 1. The molecule has 0 unspecified atom stereocenters. The number of amides is 1. The van der Waals surface area contributed by atoms with Gasteiger partial charge in [0, 0.05) is 10.4 Å². The lowest BCUT2D eigenvalue weighted by Gasteiger charge is -2.06. The third kappa shape index (κ3) is 2.71.